The third kappa shape index (κ3) is 2.66. The summed E-state index contributed by atoms with van der Waals surface area (Å²) >= 11 is 12.1. The van der Waals surface area contributed by atoms with Crippen molar-refractivity contribution in [3.05, 3.63) is 34.2 Å². The van der Waals surface area contributed by atoms with Gasteiger partial charge in [-0.05, 0) is 18.9 Å². The molecule has 0 spiro atoms. The first-order chi connectivity index (χ1) is 9.62. The van der Waals surface area contributed by atoms with E-state index in [4.69, 9.17) is 23.2 Å². The van der Waals surface area contributed by atoms with Crippen LogP contribution in [-0.4, -0.2) is 26.6 Å². The largest absolute Gasteiger partial charge is 0.394 e. The second kappa shape index (κ2) is 5.53. The molecule has 108 valence electrons. The zero-order chi connectivity index (χ0) is 14.2. The molecule has 2 aromatic rings. The Morgan fingerprint density at radius 3 is 2.75 bits per heavy atom. The lowest BCUT2D eigenvalue weighted by Gasteiger charge is -2.27. The molecule has 2 heterocycles. The zero-order valence-electron chi connectivity index (χ0n) is 11.1. The maximum atomic E-state index is 9.59. The minimum absolute atomic E-state index is 0.142. The molecule has 1 fully saturated rings. The van der Waals surface area contributed by atoms with Crippen molar-refractivity contribution in [3.8, 4) is 0 Å². The standard InChI is InChI=1S/C14H17Cl2N3O/c15-10-5-12(16)13-18-11(8-19(13)7-10)6-17-14(9-20)3-1-2-4-14/h5,7-8,17,20H,1-4,6,9H2. The Morgan fingerprint density at radius 2 is 2.05 bits per heavy atom. The van der Waals surface area contributed by atoms with E-state index in [-0.39, 0.29) is 12.1 Å². The first-order valence-electron chi connectivity index (χ1n) is 6.80. The Bertz CT molecular complexity index is 620. The molecule has 3 rings (SSSR count). The Balaban J connectivity index is 1.79. The van der Waals surface area contributed by atoms with Gasteiger partial charge in [-0.2, -0.15) is 0 Å². The van der Waals surface area contributed by atoms with Crippen LogP contribution in [0.2, 0.25) is 10.0 Å². The van der Waals surface area contributed by atoms with Gasteiger partial charge in [-0.25, -0.2) is 4.98 Å². The zero-order valence-corrected chi connectivity index (χ0v) is 12.6. The van der Waals surface area contributed by atoms with E-state index in [1.54, 1.807) is 12.3 Å². The molecule has 0 saturated heterocycles. The van der Waals surface area contributed by atoms with E-state index in [1.165, 1.54) is 12.8 Å². The number of nitrogens with one attached hydrogen (secondary N) is 1. The van der Waals surface area contributed by atoms with Gasteiger partial charge in [-0.1, -0.05) is 36.0 Å². The number of nitrogens with zero attached hydrogens (tertiary/aromatic N) is 2. The number of aliphatic hydroxyl groups is 1. The lowest BCUT2D eigenvalue weighted by Crippen LogP contribution is -2.45. The van der Waals surface area contributed by atoms with E-state index >= 15 is 0 Å². The van der Waals surface area contributed by atoms with Crippen molar-refractivity contribution >= 4 is 28.8 Å². The Hall–Kier alpha value is -0.810. The average Bonchev–Trinajstić information content (AvgIpc) is 3.03. The highest BCUT2D eigenvalue weighted by Crippen LogP contribution is 2.29. The first kappa shape index (κ1) is 14.1. The normalized spacial score (nSPS) is 17.9. The highest BCUT2D eigenvalue weighted by molar-refractivity contribution is 6.36. The monoisotopic (exact) mass is 313 g/mol. The van der Waals surface area contributed by atoms with Crippen LogP contribution in [0.4, 0.5) is 0 Å². The Labute approximate surface area is 127 Å². The van der Waals surface area contributed by atoms with Crippen LogP contribution < -0.4 is 5.32 Å². The van der Waals surface area contributed by atoms with Crippen molar-refractivity contribution in [2.45, 2.75) is 37.8 Å². The van der Waals surface area contributed by atoms with Gasteiger partial charge in [0.05, 0.1) is 22.3 Å². The quantitative estimate of drug-likeness (QED) is 0.912. The maximum absolute atomic E-state index is 9.59. The van der Waals surface area contributed by atoms with E-state index in [1.807, 2.05) is 10.6 Å². The van der Waals surface area contributed by atoms with Crippen LogP contribution in [0.1, 0.15) is 31.4 Å². The van der Waals surface area contributed by atoms with Crippen LogP contribution in [0.5, 0.6) is 0 Å². The molecule has 0 amide bonds. The fourth-order valence-corrected chi connectivity index (χ4v) is 3.41. The highest BCUT2D eigenvalue weighted by atomic mass is 35.5. The average molecular weight is 314 g/mol. The topological polar surface area (TPSA) is 49.6 Å². The summed E-state index contributed by atoms with van der Waals surface area (Å²) in [5, 5.41) is 14.2. The number of aromatic nitrogens is 2. The molecule has 6 heteroatoms. The van der Waals surface area contributed by atoms with Crippen LogP contribution in [-0.2, 0) is 6.54 Å². The molecule has 2 N–H and O–H groups in total. The molecular formula is C14H17Cl2N3O. The number of pyridine rings is 1. The molecule has 0 bridgehead atoms. The smallest absolute Gasteiger partial charge is 0.156 e. The molecule has 0 radical (unpaired) electrons. The van der Waals surface area contributed by atoms with E-state index in [9.17, 15) is 5.11 Å². The lowest BCUT2D eigenvalue weighted by atomic mass is 9.99. The van der Waals surface area contributed by atoms with Crippen molar-refractivity contribution in [2.24, 2.45) is 0 Å². The Kier molecular flexibility index (Phi) is 3.91. The molecule has 0 atom stereocenters. The van der Waals surface area contributed by atoms with Crippen molar-refractivity contribution in [3.63, 3.8) is 0 Å². The van der Waals surface area contributed by atoms with Crippen molar-refractivity contribution in [1.82, 2.24) is 14.7 Å². The summed E-state index contributed by atoms with van der Waals surface area (Å²) in [4.78, 5) is 4.51. The van der Waals surface area contributed by atoms with Crippen molar-refractivity contribution in [1.29, 1.82) is 0 Å². The van der Waals surface area contributed by atoms with Crippen LogP contribution in [0.3, 0.4) is 0 Å². The number of rotatable bonds is 4. The summed E-state index contributed by atoms with van der Waals surface area (Å²) in [6.07, 6.45) is 8.07. The highest BCUT2D eigenvalue weighted by Gasteiger charge is 2.32. The molecule has 0 aromatic carbocycles. The predicted octanol–water partition coefficient (Wildman–Crippen LogP) is 3.04. The van der Waals surface area contributed by atoms with Crippen LogP contribution in [0, 0.1) is 0 Å². The molecule has 1 aliphatic carbocycles. The van der Waals surface area contributed by atoms with Crippen LogP contribution >= 0.6 is 23.2 Å². The summed E-state index contributed by atoms with van der Waals surface area (Å²) in [6, 6.07) is 1.69. The molecule has 4 nitrogen and oxygen atoms in total. The molecule has 0 unspecified atom stereocenters. The molecule has 0 aliphatic heterocycles. The molecule has 1 saturated carbocycles. The van der Waals surface area contributed by atoms with Crippen LogP contribution in [0.15, 0.2) is 18.5 Å². The van der Waals surface area contributed by atoms with E-state index in [0.717, 1.165) is 18.5 Å². The SMILES string of the molecule is OCC1(NCc2cn3cc(Cl)cc(Cl)c3n2)CCCC1. The second-order valence-corrected chi connectivity index (χ2v) is 6.31. The third-order valence-corrected chi connectivity index (χ3v) is 4.52. The molecule has 20 heavy (non-hydrogen) atoms. The summed E-state index contributed by atoms with van der Waals surface area (Å²) < 4.78 is 1.84. The van der Waals surface area contributed by atoms with Gasteiger partial charge in [0.2, 0.25) is 0 Å². The summed E-state index contributed by atoms with van der Waals surface area (Å²) in [7, 11) is 0. The predicted molar refractivity (Wildman–Crippen MR) is 80.3 cm³/mol. The van der Waals surface area contributed by atoms with Gasteiger partial charge in [-0.15, -0.1) is 0 Å². The van der Waals surface area contributed by atoms with Crippen LogP contribution in [0.25, 0.3) is 5.65 Å². The van der Waals surface area contributed by atoms with Gasteiger partial charge in [0.25, 0.3) is 0 Å². The van der Waals surface area contributed by atoms with Gasteiger partial charge in [0.15, 0.2) is 5.65 Å². The van der Waals surface area contributed by atoms with Gasteiger partial charge < -0.3 is 14.8 Å². The van der Waals surface area contributed by atoms with Crippen molar-refractivity contribution in [2.75, 3.05) is 6.61 Å². The molecule has 2 aromatic heterocycles. The number of halogens is 2. The van der Waals surface area contributed by atoms with Gasteiger partial charge in [-0.3, -0.25) is 0 Å². The number of hydrogen-bond donors (Lipinski definition) is 2. The van der Waals surface area contributed by atoms with E-state index < -0.39 is 0 Å². The fraction of sp³-hybridized carbons (Fsp3) is 0.500. The Morgan fingerprint density at radius 1 is 1.30 bits per heavy atom. The third-order valence-electron chi connectivity index (χ3n) is 4.03. The number of imidazole rings is 1. The maximum Gasteiger partial charge on any atom is 0.156 e. The first-order valence-corrected chi connectivity index (χ1v) is 7.56. The van der Waals surface area contributed by atoms with Gasteiger partial charge in [0, 0.05) is 24.5 Å². The van der Waals surface area contributed by atoms with E-state index in [0.29, 0.717) is 22.2 Å². The van der Waals surface area contributed by atoms with Gasteiger partial charge in [0.1, 0.15) is 0 Å². The number of fused-ring (bicyclic) bond motifs is 1. The molecule has 1 aliphatic rings. The summed E-state index contributed by atoms with van der Waals surface area (Å²) in [5.74, 6) is 0. The lowest BCUT2D eigenvalue weighted by molar-refractivity contribution is 0.162. The summed E-state index contributed by atoms with van der Waals surface area (Å²) in [5.41, 5.74) is 1.46. The van der Waals surface area contributed by atoms with Gasteiger partial charge >= 0.3 is 0 Å². The second-order valence-electron chi connectivity index (χ2n) is 5.47. The van der Waals surface area contributed by atoms with Crippen molar-refractivity contribution < 1.29 is 5.11 Å². The fourth-order valence-electron chi connectivity index (χ4n) is 2.88. The molecular weight excluding hydrogens is 297 g/mol. The summed E-state index contributed by atoms with van der Waals surface area (Å²) in [6.45, 7) is 0.795. The van der Waals surface area contributed by atoms with E-state index in [2.05, 4.69) is 10.3 Å². The number of hydrogen-bond acceptors (Lipinski definition) is 3. The minimum Gasteiger partial charge on any atom is -0.394 e. The minimum atomic E-state index is -0.142. The number of aliphatic hydroxyl groups excluding tert-OH is 1.